The van der Waals surface area contributed by atoms with Crippen molar-refractivity contribution in [1.29, 1.82) is 0 Å². The maximum Gasteiger partial charge on any atom is 0.254 e. The molecule has 5 nitrogen and oxygen atoms in total. The number of hydrogen-bond acceptors (Lipinski definition) is 4. The Morgan fingerprint density at radius 2 is 1.90 bits per heavy atom. The Kier molecular flexibility index (Phi) is 5.20. The van der Waals surface area contributed by atoms with Gasteiger partial charge in [0.05, 0.1) is 0 Å². The van der Waals surface area contributed by atoms with Crippen molar-refractivity contribution in [3.05, 3.63) is 29.3 Å². The number of anilines is 1. The molecular weight excluding hydrogens is 264 g/mol. The summed E-state index contributed by atoms with van der Waals surface area (Å²) in [5, 5.41) is 0. The molecule has 1 saturated heterocycles. The van der Waals surface area contributed by atoms with E-state index < -0.39 is 0 Å². The summed E-state index contributed by atoms with van der Waals surface area (Å²) < 4.78 is 0. The number of benzene rings is 1. The summed E-state index contributed by atoms with van der Waals surface area (Å²) in [5.74, 6) is 0.0916. The van der Waals surface area contributed by atoms with Gasteiger partial charge in [-0.25, -0.2) is 0 Å². The molecule has 0 saturated carbocycles. The van der Waals surface area contributed by atoms with Gasteiger partial charge in [-0.3, -0.25) is 9.69 Å². The van der Waals surface area contributed by atoms with Crippen LogP contribution in [0.1, 0.15) is 15.9 Å². The fourth-order valence-corrected chi connectivity index (χ4v) is 2.47. The zero-order valence-corrected chi connectivity index (χ0v) is 13.3. The second kappa shape index (κ2) is 6.91. The predicted octanol–water partition coefficient (Wildman–Crippen LogP) is 0.897. The summed E-state index contributed by atoms with van der Waals surface area (Å²) in [6, 6.07) is 5.57. The number of carbonyl (C=O) groups excluding carboxylic acids is 1. The van der Waals surface area contributed by atoms with E-state index in [0.29, 0.717) is 11.3 Å². The number of likely N-dealkylation sites (N-methyl/N-ethyl adjacent to an activating group) is 1. The standard InChI is InChI=1S/C16H26N4O/c1-13-4-5-14(12-15(13)17)16(21)20-10-8-19(9-11-20)7-6-18(2)3/h4-5,12H,6-11,17H2,1-3H3. The molecule has 0 bridgehead atoms. The number of piperazine rings is 1. The molecule has 1 aliphatic rings. The van der Waals surface area contributed by atoms with Crippen LogP contribution in [0.5, 0.6) is 0 Å². The highest BCUT2D eigenvalue weighted by Crippen LogP contribution is 2.15. The average molecular weight is 290 g/mol. The monoisotopic (exact) mass is 290 g/mol. The van der Waals surface area contributed by atoms with E-state index in [9.17, 15) is 4.79 Å². The van der Waals surface area contributed by atoms with Crippen LogP contribution in [0.15, 0.2) is 18.2 Å². The first-order chi connectivity index (χ1) is 9.97. The highest BCUT2D eigenvalue weighted by Gasteiger charge is 2.22. The summed E-state index contributed by atoms with van der Waals surface area (Å²) in [6.45, 7) is 7.55. The SMILES string of the molecule is Cc1ccc(C(=O)N2CCN(CCN(C)C)CC2)cc1N. The minimum atomic E-state index is 0.0916. The van der Waals surface area contributed by atoms with E-state index >= 15 is 0 Å². The number of amides is 1. The maximum absolute atomic E-state index is 12.5. The Morgan fingerprint density at radius 1 is 1.24 bits per heavy atom. The van der Waals surface area contributed by atoms with E-state index in [1.807, 2.05) is 24.0 Å². The molecule has 0 aromatic heterocycles. The van der Waals surface area contributed by atoms with Gasteiger partial charge in [-0.15, -0.1) is 0 Å². The smallest absolute Gasteiger partial charge is 0.254 e. The van der Waals surface area contributed by atoms with E-state index in [0.717, 1.165) is 44.8 Å². The molecule has 0 spiro atoms. The molecule has 1 aromatic carbocycles. The lowest BCUT2D eigenvalue weighted by molar-refractivity contribution is 0.0630. The summed E-state index contributed by atoms with van der Waals surface area (Å²) in [7, 11) is 4.17. The van der Waals surface area contributed by atoms with E-state index in [1.165, 1.54) is 0 Å². The van der Waals surface area contributed by atoms with Crippen LogP contribution in [0.2, 0.25) is 0 Å². The molecule has 0 atom stereocenters. The van der Waals surface area contributed by atoms with Gasteiger partial charge < -0.3 is 15.5 Å². The molecular formula is C16H26N4O. The van der Waals surface area contributed by atoms with Crippen LogP contribution in [0.4, 0.5) is 5.69 Å². The van der Waals surface area contributed by atoms with Crippen molar-refractivity contribution in [2.45, 2.75) is 6.92 Å². The molecule has 0 unspecified atom stereocenters. The molecule has 21 heavy (non-hydrogen) atoms. The Balaban J connectivity index is 1.89. The molecule has 1 amide bonds. The van der Waals surface area contributed by atoms with Crippen molar-refractivity contribution < 1.29 is 4.79 Å². The Bertz CT molecular complexity index is 493. The Morgan fingerprint density at radius 3 is 2.48 bits per heavy atom. The van der Waals surface area contributed by atoms with Crippen molar-refractivity contribution in [3.8, 4) is 0 Å². The van der Waals surface area contributed by atoms with E-state index in [-0.39, 0.29) is 5.91 Å². The highest BCUT2D eigenvalue weighted by atomic mass is 16.2. The molecule has 1 fully saturated rings. The Hall–Kier alpha value is -1.59. The first-order valence-electron chi connectivity index (χ1n) is 7.50. The number of hydrogen-bond donors (Lipinski definition) is 1. The van der Waals surface area contributed by atoms with Crippen molar-refractivity contribution in [3.63, 3.8) is 0 Å². The fraction of sp³-hybridized carbons (Fsp3) is 0.562. The van der Waals surface area contributed by atoms with Crippen LogP contribution < -0.4 is 5.73 Å². The normalized spacial score (nSPS) is 16.5. The average Bonchev–Trinajstić information content (AvgIpc) is 2.48. The summed E-state index contributed by atoms with van der Waals surface area (Å²) >= 11 is 0. The van der Waals surface area contributed by atoms with Gasteiger partial charge in [0.15, 0.2) is 0 Å². The van der Waals surface area contributed by atoms with E-state index in [2.05, 4.69) is 23.9 Å². The zero-order valence-electron chi connectivity index (χ0n) is 13.3. The van der Waals surface area contributed by atoms with Gasteiger partial charge in [-0.05, 0) is 38.7 Å². The van der Waals surface area contributed by atoms with Crippen molar-refractivity contribution >= 4 is 11.6 Å². The number of aryl methyl sites for hydroxylation is 1. The zero-order chi connectivity index (χ0) is 15.4. The second-order valence-corrected chi connectivity index (χ2v) is 6.01. The first kappa shape index (κ1) is 15.8. The number of nitrogens with zero attached hydrogens (tertiary/aromatic N) is 3. The fourth-order valence-electron chi connectivity index (χ4n) is 2.47. The lowest BCUT2D eigenvalue weighted by Gasteiger charge is -2.35. The highest BCUT2D eigenvalue weighted by molar-refractivity contribution is 5.95. The summed E-state index contributed by atoms with van der Waals surface area (Å²) in [4.78, 5) is 19.0. The maximum atomic E-state index is 12.5. The topological polar surface area (TPSA) is 52.8 Å². The van der Waals surface area contributed by atoms with Gasteiger partial charge in [-0.2, -0.15) is 0 Å². The van der Waals surface area contributed by atoms with Gasteiger partial charge >= 0.3 is 0 Å². The lowest BCUT2D eigenvalue weighted by atomic mass is 10.1. The third-order valence-corrected chi connectivity index (χ3v) is 4.05. The van der Waals surface area contributed by atoms with Crippen molar-refractivity contribution in [2.75, 3.05) is 59.1 Å². The molecule has 1 heterocycles. The van der Waals surface area contributed by atoms with Crippen molar-refractivity contribution in [1.82, 2.24) is 14.7 Å². The summed E-state index contributed by atoms with van der Waals surface area (Å²) in [6.07, 6.45) is 0. The van der Waals surface area contributed by atoms with Crippen LogP contribution in [0, 0.1) is 6.92 Å². The molecule has 2 rings (SSSR count). The summed E-state index contributed by atoms with van der Waals surface area (Å²) in [5.41, 5.74) is 8.29. The number of nitrogens with two attached hydrogens (primary N) is 1. The van der Waals surface area contributed by atoms with Crippen LogP contribution in [-0.4, -0.2) is 74.0 Å². The van der Waals surface area contributed by atoms with Gasteiger partial charge in [0.2, 0.25) is 0 Å². The molecule has 0 aliphatic carbocycles. The minimum Gasteiger partial charge on any atom is -0.398 e. The van der Waals surface area contributed by atoms with Gasteiger partial charge in [0, 0.05) is 50.5 Å². The van der Waals surface area contributed by atoms with Crippen LogP contribution in [0.25, 0.3) is 0 Å². The van der Waals surface area contributed by atoms with Gasteiger partial charge in [-0.1, -0.05) is 6.07 Å². The third kappa shape index (κ3) is 4.19. The molecule has 1 aliphatic heterocycles. The Labute approximate surface area is 127 Å². The number of rotatable bonds is 4. The van der Waals surface area contributed by atoms with Crippen LogP contribution >= 0.6 is 0 Å². The molecule has 116 valence electrons. The molecule has 0 radical (unpaired) electrons. The van der Waals surface area contributed by atoms with Gasteiger partial charge in [0.25, 0.3) is 5.91 Å². The van der Waals surface area contributed by atoms with Crippen LogP contribution in [0.3, 0.4) is 0 Å². The van der Waals surface area contributed by atoms with Crippen LogP contribution in [-0.2, 0) is 0 Å². The minimum absolute atomic E-state index is 0.0916. The largest absolute Gasteiger partial charge is 0.398 e. The van der Waals surface area contributed by atoms with Gasteiger partial charge in [0.1, 0.15) is 0 Å². The molecule has 2 N–H and O–H groups in total. The number of nitrogen functional groups attached to an aromatic ring is 1. The van der Waals surface area contributed by atoms with E-state index in [4.69, 9.17) is 5.73 Å². The molecule has 5 heteroatoms. The first-order valence-corrected chi connectivity index (χ1v) is 7.50. The third-order valence-electron chi connectivity index (χ3n) is 4.05. The lowest BCUT2D eigenvalue weighted by Crippen LogP contribution is -2.50. The quantitative estimate of drug-likeness (QED) is 0.837. The van der Waals surface area contributed by atoms with Crippen molar-refractivity contribution in [2.24, 2.45) is 0 Å². The second-order valence-electron chi connectivity index (χ2n) is 6.01. The molecule has 1 aromatic rings. The number of carbonyl (C=O) groups is 1. The van der Waals surface area contributed by atoms with E-state index in [1.54, 1.807) is 6.07 Å². The predicted molar refractivity (Wildman–Crippen MR) is 86.5 cm³/mol.